The van der Waals surface area contributed by atoms with Crippen molar-refractivity contribution >= 4 is 24.0 Å². The van der Waals surface area contributed by atoms with Crippen LogP contribution in [0.25, 0.3) is 0 Å². The molecule has 1 atom stereocenters. The number of hydrogen-bond donors (Lipinski definition) is 2. The van der Waals surface area contributed by atoms with E-state index in [1.165, 1.54) is 0 Å². The largest absolute Gasteiger partial charge is 0.493 e. The van der Waals surface area contributed by atoms with Gasteiger partial charge in [-0.25, -0.2) is 0 Å². The number of carbonyl (C=O) groups excluding carboxylic acids is 1. The predicted octanol–water partition coefficient (Wildman–Crippen LogP) is 3.02. The van der Waals surface area contributed by atoms with Gasteiger partial charge in [-0.3, -0.25) is 4.79 Å². The van der Waals surface area contributed by atoms with Crippen LogP contribution >= 0.6 is 12.4 Å². The van der Waals surface area contributed by atoms with Crippen molar-refractivity contribution in [2.24, 2.45) is 5.73 Å². The third kappa shape index (κ3) is 5.44. The molecule has 0 unspecified atom stereocenters. The van der Waals surface area contributed by atoms with E-state index in [4.69, 9.17) is 15.2 Å². The van der Waals surface area contributed by atoms with E-state index in [0.717, 1.165) is 5.56 Å². The summed E-state index contributed by atoms with van der Waals surface area (Å²) in [6.45, 7) is 2.45. The van der Waals surface area contributed by atoms with E-state index in [1.807, 2.05) is 37.3 Å². The Hall–Kier alpha value is -2.24. The van der Waals surface area contributed by atoms with E-state index < -0.39 is 6.04 Å². The number of hydrogen-bond acceptors (Lipinski definition) is 4. The van der Waals surface area contributed by atoms with Gasteiger partial charge in [0.05, 0.1) is 19.8 Å². The number of amides is 1. The van der Waals surface area contributed by atoms with Crippen molar-refractivity contribution in [2.45, 2.75) is 19.4 Å². The summed E-state index contributed by atoms with van der Waals surface area (Å²) in [5, 5.41) is 2.81. The normalized spacial score (nSPS) is 11.1. The molecule has 0 spiro atoms. The molecule has 2 rings (SSSR count). The van der Waals surface area contributed by atoms with Crippen LogP contribution in [-0.2, 0) is 11.2 Å². The number of carbonyl (C=O) groups is 1. The molecule has 0 aromatic heterocycles. The Labute approximate surface area is 148 Å². The maximum absolute atomic E-state index is 12.2. The van der Waals surface area contributed by atoms with Crippen molar-refractivity contribution in [3.8, 4) is 11.5 Å². The summed E-state index contributed by atoms with van der Waals surface area (Å²) in [7, 11) is 1.56. The Morgan fingerprint density at radius 1 is 1.17 bits per heavy atom. The minimum Gasteiger partial charge on any atom is -0.493 e. The Morgan fingerprint density at radius 3 is 2.50 bits per heavy atom. The Kier molecular flexibility index (Phi) is 8.09. The van der Waals surface area contributed by atoms with Crippen LogP contribution in [0.4, 0.5) is 5.69 Å². The summed E-state index contributed by atoms with van der Waals surface area (Å²) in [6.07, 6.45) is 0.487. The average Bonchev–Trinajstić information content (AvgIpc) is 2.57. The lowest BCUT2D eigenvalue weighted by Crippen LogP contribution is -2.37. The van der Waals surface area contributed by atoms with Crippen LogP contribution in [0, 0.1) is 0 Å². The smallest absolute Gasteiger partial charge is 0.241 e. The molecule has 130 valence electrons. The molecule has 0 aliphatic carbocycles. The quantitative estimate of drug-likeness (QED) is 0.805. The van der Waals surface area contributed by atoms with E-state index in [9.17, 15) is 4.79 Å². The molecule has 0 radical (unpaired) electrons. The fourth-order valence-corrected chi connectivity index (χ4v) is 2.22. The molecule has 24 heavy (non-hydrogen) atoms. The Morgan fingerprint density at radius 2 is 1.88 bits per heavy atom. The molecule has 0 saturated carbocycles. The molecule has 2 aromatic carbocycles. The van der Waals surface area contributed by atoms with Gasteiger partial charge in [0.2, 0.25) is 5.91 Å². The highest BCUT2D eigenvalue weighted by atomic mass is 35.5. The lowest BCUT2D eigenvalue weighted by atomic mass is 10.1. The number of nitrogens with one attached hydrogen (secondary N) is 1. The van der Waals surface area contributed by atoms with E-state index in [2.05, 4.69) is 5.32 Å². The highest BCUT2D eigenvalue weighted by molar-refractivity contribution is 5.95. The van der Waals surface area contributed by atoms with Gasteiger partial charge in [0.15, 0.2) is 11.5 Å². The van der Waals surface area contributed by atoms with E-state index in [0.29, 0.717) is 30.2 Å². The zero-order chi connectivity index (χ0) is 16.7. The molecule has 0 aliphatic heterocycles. The lowest BCUT2D eigenvalue weighted by molar-refractivity contribution is -0.117. The molecule has 2 aromatic rings. The monoisotopic (exact) mass is 350 g/mol. The van der Waals surface area contributed by atoms with Gasteiger partial charge >= 0.3 is 0 Å². The van der Waals surface area contributed by atoms with Gasteiger partial charge in [0.25, 0.3) is 0 Å². The SMILES string of the molecule is CCOc1ccc(NC(=O)[C@@H](N)Cc2ccccc2)cc1OC.Cl. The van der Waals surface area contributed by atoms with Crippen LogP contribution in [0.1, 0.15) is 12.5 Å². The first-order valence-corrected chi connectivity index (χ1v) is 7.55. The van der Waals surface area contributed by atoms with Crippen LogP contribution in [0.3, 0.4) is 0 Å². The summed E-state index contributed by atoms with van der Waals surface area (Å²) in [5.74, 6) is 0.975. The van der Waals surface area contributed by atoms with Gasteiger partial charge in [-0.05, 0) is 31.0 Å². The number of methoxy groups -OCH3 is 1. The topological polar surface area (TPSA) is 73.6 Å². The predicted molar refractivity (Wildman–Crippen MR) is 98.2 cm³/mol. The summed E-state index contributed by atoms with van der Waals surface area (Å²) in [4.78, 5) is 12.2. The maximum atomic E-state index is 12.2. The van der Waals surface area contributed by atoms with Crippen molar-refractivity contribution in [3.63, 3.8) is 0 Å². The molecule has 0 fully saturated rings. The fourth-order valence-electron chi connectivity index (χ4n) is 2.22. The molecule has 0 bridgehead atoms. The molecule has 0 aliphatic rings. The van der Waals surface area contributed by atoms with Gasteiger partial charge in [-0.2, -0.15) is 0 Å². The van der Waals surface area contributed by atoms with Crippen LogP contribution < -0.4 is 20.5 Å². The highest BCUT2D eigenvalue weighted by Gasteiger charge is 2.15. The zero-order valence-electron chi connectivity index (χ0n) is 13.8. The van der Waals surface area contributed by atoms with Gasteiger partial charge < -0.3 is 20.5 Å². The minimum absolute atomic E-state index is 0. The van der Waals surface area contributed by atoms with Crippen LogP contribution in [0.2, 0.25) is 0 Å². The molecular formula is C18H23ClN2O3. The standard InChI is InChI=1S/C18H22N2O3.ClH/c1-3-23-16-10-9-14(12-17(16)22-2)20-18(21)15(19)11-13-7-5-4-6-8-13;/h4-10,12,15H,3,11,19H2,1-2H3,(H,20,21);1H/t15-;/m0./s1. The third-order valence-corrected chi connectivity index (χ3v) is 3.37. The second-order valence-corrected chi connectivity index (χ2v) is 5.08. The van der Waals surface area contributed by atoms with E-state index >= 15 is 0 Å². The minimum atomic E-state index is -0.616. The number of halogens is 1. The molecule has 0 heterocycles. The van der Waals surface area contributed by atoms with Gasteiger partial charge in [-0.15, -0.1) is 12.4 Å². The summed E-state index contributed by atoms with van der Waals surface area (Å²) in [5.41, 5.74) is 7.63. The summed E-state index contributed by atoms with van der Waals surface area (Å²) < 4.78 is 10.7. The van der Waals surface area contributed by atoms with Crippen molar-refractivity contribution in [2.75, 3.05) is 19.0 Å². The second kappa shape index (κ2) is 9.80. The van der Waals surface area contributed by atoms with Crippen LogP contribution in [0.15, 0.2) is 48.5 Å². The maximum Gasteiger partial charge on any atom is 0.241 e. The summed E-state index contributed by atoms with van der Waals surface area (Å²) in [6, 6.07) is 14.3. The molecule has 5 nitrogen and oxygen atoms in total. The third-order valence-electron chi connectivity index (χ3n) is 3.37. The highest BCUT2D eigenvalue weighted by Crippen LogP contribution is 2.30. The van der Waals surface area contributed by atoms with Gasteiger partial charge in [-0.1, -0.05) is 30.3 Å². The first-order chi connectivity index (χ1) is 11.1. The molecular weight excluding hydrogens is 328 g/mol. The first kappa shape index (κ1) is 19.8. The number of benzene rings is 2. The Bertz CT molecular complexity index is 650. The molecule has 1 amide bonds. The van der Waals surface area contributed by atoms with Crippen molar-refractivity contribution in [1.82, 2.24) is 0 Å². The van der Waals surface area contributed by atoms with Crippen molar-refractivity contribution in [3.05, 3.63) is 54.1 Å². The Balaban J connectivity index is 0.00000288. The molecule has 6 heteroatoms. The lowest BCUT2D eigenvalue weighted by Gasteiger charge is -2.14. The van der Waals surface area contributed by atoms with E-state index in [1.54, 1.807) is 25.3 Å². The fraction of sp³-hybridized carbons (Fsp3) is 0.278. The zero-order valence-corrected chi connectivity index (χ0v) is 14.6. The van der Waals surface area contributed by atoms with Crippen molar-refractivity contribution in [1.29, 1.82) is 0 Å². The van der Waals surface area contributed by atoms with Crippen LogP contribution in [-0.4, -0.2) is 25.7 Å². The van der Waals surface area contributed by atoms with Crippen molar-refractivity contribution < 1.29 is 14.3 Å². The second-order valence-electron chi connectivity index (χ2n) is 5.08. The number of anilines is 1. The average molecular weight is 351 g/mol. The summed E-state index contributed by atoms with van der Waals surface area (Å²) >= 11 is 0. The number of rotatable bonds is 7. The van der Waals surface area contributed by atoms with E-state index in [-0.39, 0.29) is 18.3 Å². The first-order valence-electron chi connectivity index (χ1n) is 7.55. The molecule has 3 N–H and O–H groups in total. The van der Waals surface area contributed by atoms with Crippen LogP contribution in [0.5, 0.6) is 11.5 Å². The van der Waals surface area contributed by atoms with Gasteiger partial charge in [0, 0.05) is 11.8 Å². The number of nitrogens with two attached hydrogens (primary N) is 1. The van der Waals surface area contributed by atoms with Gasteiger partial charge in [0.1, 0.15) is 0 Å². The molecule has 0 saturated heterocycles. The number of ether oxygens (including phenoxy) is 2.